The van der Waals surface area contributed by atoms with E-state index in [1.807, 2.05) is 35.0 Å². The maximum absolute atomic E-state index is 12.2. The SMILES string of the molecule is O=C(Nc1nccn1Cc1ccc(Br)cc1)C1CC(O)CN1. The fourth-order valence-corrected chi connectivity index (χ4v) is 2.73. The summed E-state index contributed by atoms with van der Waals surface area (Å²) in [6.07, 6.45) is 3.46. The maximum Gasteiger partial charge on any atom is 0.243 e. The molecular weight excluding hydrogens is 348 g/mol. The minimum absolute atomic E-state index is 0.167. The van der Waals surface area contributed by atoms with Crippen LogP contribution in [-0.2, 0) is 11.3 Å². The molecule has 22 heavy (non-hydrogen) atoms. The second kappa shape index (κ2) is 6.60. The van der Waals surface area contributed by atoms with Crippen molar-refractivity contribution in [3.8, 4) is 0 Å². The maximum atomic E-state index is 12.2. The average molecular weight is 365 g/mol. The lowest BCUT2D eigenvalue weighted by atomic mass is 10.2. The lowest BCUT2D eigenvalue weighted by Gasteiger charge is -2.12. The predicted molar refractivity (Wildman–Crippen MR) is 86.5 cm³/mol. The molecule has 3 N–H and O–H groups in total. The van der Waals surface area contributed by atoms with Crippen molar-refractivity contribution >= 4 is 27.8 Å². The lowest BCUT2D eigenvalue weighted by Crippen LogP contribution is -2.36. The van der Waals surface area contributed by atoms with E-state index in [4.69, 9.17) is 0 Å². The Labute approximate surface area is 136 Å². The molecule has 1 amide bonds. The van der Waals surface area contributed by atoms with E-state index in [-0.39, 0.29) is 11.9 Å². The quantitative estimate of drug-likeness (QED) is 0.765. The number of imidazole rings is 1. The Bertz CT molecular complexity index is 656. The average Bonchev–Trinajstić information content (AvgIpc) is 3.11. The number of aliphatic hydroxyl groups is 1. The fourth-order valence-electron chi connectivity index (χ4n) is 2.46. The Morgan fingerprint density at radius 3 is 2.91 bits per heavy atom. The largest absolute Gasteiger partial charge is 0.392 e. The van der Waals surface area contributed by atoms with Gasteiger partial charge in [-0.1, -0.05) is 28.1 Å². The van der Waals surface area contributed by atoms with E-state index in [1.165, 1.54) is 0 Å². The molecule has 1 fully saturated rings. The lowest BCUT2D eigenvalue weighted by molar-refractivity contribution is -0.118. The standard InChI is InChI=1S/C15H17BrN4O2/c16-11-3-1-10(2-4-11)9-20-6-5-17-15(20)19-14(22)13-7-12(21)8-18-13/h1-6,12-13,18,21H,7-9H2,(H,17,19,22). The Morgan fingerprint density at radius 1 is 1.45 bits per heavy atom. The zero-order chi connectivity index (χ0) is 15.5. The van der Waals surface area contributed by atoms with Crippen LogP contribution in [0.25, 0.3) is 0 Å². The number of aliphatic hydroxyl groups excluding tert-OH is 1. The third-order valence-electron chi connectivity index (χ3n) is 3.64. The normalized spacial score (nSPS) is 21.0. The second-order valence-electron chi connectivity index (χ2n) is 5.34. The highest BCUT2D eigenvalue weighted by Gasteiger charge is 2.28. The molecule has 0 bridgehead atoms. The van der Waals surface area contributed by atoms with Crippen LogP contribution in [0.15, 0.2) is 41.1 Å². The van der Waals surface area contributed by atoms with Crippen molar-refractivity contribution in [2.45, 2.75) is 25.1 Å². The van der Waals surface area contributed by atoms with Gasteiger partial charge in [0.15, 0.2) is 0 Å². The summed E-state index contributed by atoms with van der Waals surface area (Å²) < 4.78 is 2.91. The summed E-state index contributed by atoms with van der Waals surface area (Å²) in [5, 5.41) is 15.3. The molecule has 2 heterocycles. The van der Waals surface area contributed by atoms with Crippen LogP contribution in [0.3, 0.4) is 0 Å². The number of nitrogens with one attached hydrogen (secondary N) is 2. The number of β-amino-alcohol motifs (C(OH)–C–C–N with tert-alkyl or cyclic N) is 1. The summed E-state index contributed by atoms with van der Waals surface area (Å²) in [5.41, 5.74) is 1.12. The van der Waals surface area contributed by atoms with Gasteiger partial charge in [-0.2, -0.15) is 0 Å². The summed E-state index contributed by atoms with van der Waals surface area (Å²) in [5.74, 6) is 0.343. The van der Waals surface area contributed by atoms with Gasteiger partial charge in [-0.25, -0.2) is 4.98 Å². The van der Waals surface area contributed by atoms with Crippen molar-refractivity contribution < 1.29 is 9.90 Å². The van der Waals surface area contributed by atoms with Gasteiger partial charge in [-0.3, -0.25) is 10.1 Å². The first-order valence-electron chi connectivity index (χ1n) is 7.10. The molecule has 0 saturated carbocycles. The number of halogens is 1. The van der Waals surface area contributed by atoms with Crippen LogP contribution in [0.5, 0.6) is 0 Å². The van der Waals surface area contributed by atoms with Crippen molar-refractivity contribution in [1.29, 1.82) is 0 Å². The number of aromatic nitrogens is 2. The second-order valence-corrected chi connectivity index (χ2v) is 6.26. The summed E-state index contributed by atoms with van der Waals surface area (Å²) in [6, 6.07) is 7.63. The molecule has 1 aromatic carbocycles. The van der Waals surface area contributed by atoms with Gasteiger partial charge in [-0.05, 0) is 24.1 Å². The van der Waals surface area contributed by atoms with Crippen LogP contribution in [0.4, 0.5) is 5.95 Å². The molecule has 3 rings (SSSR count). The molecule has 7 heteroatoms. The summed E-state index contributed by atoms with van der Waals surface area (Å²) in [4.78, 5) is 16.4. The zero-order valence-electron chi connectivity index (χ0n) is 11.9. The monoisotopic (exact) mass is 364 g/mol. The number of nitrogens with zero attached hydrogens (tertiary/aromatic N) is 2. The van der Waals surface area contributed by atoms with Crippen molar-refractivity contribution in [2.75, 3.05) is 11.9 Å². The van der Waals surface area contributed by atoms with Crippen LogP contribution < -0.4 is 10.6 Å². The summed E-state index contributed by atoms with van der Waals surface area (Å²) in [6.45, 7) is 1.08. The highest BCUT2D eigenvalue weighted by Crippen LogP contribution is 2.15. The van der Waals surface area contributed by atoms with Gasteiger partial charge >= 0.3 is 0 Å². The van der Waals surface area contributed by atoms with Crippen LogP contribution in [0, 0.1) is 0 Å². The molecule has 0 radical (unpaired) electrons. The first-order valence-corrected chi connectivity index (χ1v) is 7.89. The molecule has 2 unspecified atom stereocenters. The van der Waals surface area contributed by atoms with Gasteiger partial charge < -0.3 is 15.0 Å². The smallest absolute Gasteiger partial charge is 0.243 e. The van der Waals surface area contributed by atoms with Gasteiger partial charge in [0.25, 0.3) is 0 Å². The molecule has 116 valence electrons. The van der Waals surface area contributed by atoms with Crippen molar-refractivity contribution in [1.82, 2.24) is 14.9 Å². The van der Waals surface area contributed by atoms with E-state index >= 15 is 0 Å². The molecule has 2 aromatic rings. The fraction of sp³-hybridized carbons (Fsp3) is 0.333. The van der Waals surface area contributed by atoms with Gasteiger partial charge in [0.1, 0.15) is 0 Å². The number of carbonyl (C=O) groups is 1. The number of anilines is 1. The number of hydrogen-bond acceptors (Lipinski definition) is 4. The third kappa shape index (κ3) is 3.55. The van der Waals surface area contributed by atoms with Crippen molar-refractivity contribution in [2.24, 2.45) is 0 Å². The number of hydrogen-bond donors (Lipinski definition) is 3. The van der Waals surface area contributed by atoms with Crippen molar-refractivity contribution in [3.05, 3.63) is 46.7 Å². The molecule has 1 aromatic heterocycles. The molecular formula is C15H17BrN4O2. The number of carbonyl (C=O) groups excluding carboxylic acids is 1. The van der Waals surface area contributed by atoms with E-state index < -0.39 is 6.10 Å². The van der Waals surface area contributed by atoms with Crippen LogP contribution in [0.2, 0.25) is 0 Å². The van der Waals surface area contributed by atoms with Gasteiger partial charge in [0.2, 0.25) is 11.9 Å². The molecule has 2 atom stereocenters. The number of amides is 1. The number of benzene rings is 1. The molecule has 1 aliphatic rings. The predicted octanol–water partition coefficient (Wildman–Crippen LogP) is 1.36. The Kier molecular flexibility index (Phi) is 4.56. The van der Waals surface area contributed by atoms with Crippen molar-refractivity contribution in [3.63, 3.8) is 0 Å². The molecule has 6 nitrogen and oxygen atoms in total. The minimum Gasteiger partial charge on any atom is -0.392 e. The van der Waals surface area contributed by atoms with Gasteiger partial charge in [0, 0.05) is 23.4 Å². The van der Waals surface area contributed by atoms with E-state index in [0.29, 0.717) is 25.5 Å². The molecule has 0 spiro atoms. The van der Waals surface area contributed by atoms with Gasteiger partial charge in [-0.15, -0.1) is 0 Å². The van der Waals surface area contributed by atoms with Crippen LogP contribution in [-0.4, -0.2) is 39.3 Å². The van der Waals surface area contributed by atoms with Crippen LogP contribution >= 0.6 is 15.9 Å². The highest BCUT2D eigenvalue weighted by atomic mass is 79.9. The third-order valence-corrected chi connectivity index (χ3v) is 4.17. The van der Waals surface area contributed by atoms with Crippen LogP contribution in [0.1, 0.15) is 12.0 Å². The Hall–Kier alpha value is -1.70. The van der Waals surface area contributed by atoms with E-state index in [9.17, 15) is 9.90 Å². The van der Waals surface area contributed by atoms with E-state index in [0.717, 1.165) is 10.0 Å². The highest BCUT2D eigenvalue weighted by molar-refractivity contribution is 9.10. The van der Waals surface area contributed by atoms with Gasteiger partial charge in [0.05, 0.1) is 18.7 Å². The Morgan fingerprint density at radius 2 is 2.23 bits per heavy atom. The Balaban J connectivity index is 1.67. The first kappa shape index (κ1) is 15.2. The molecule has 1 aliphatic heterocycles. The minimum atomic E-state index is -0.460. The number of rotatable bonds is 4. The first-order chi connectivity index (χ1) is 10.6. The zero-order valence-corrected chi connectivity index (χ0v) is 13.5. The van der Waals surface area contributed by atoms with E-state index in [2.05, 4.69) is 31.5 Å². The summed E-state index contributed by atoms with van der Waals surface area (Å²) >= 11 is 3.41. The molecule has 1 saturated heterocycles. The molecule has 0 aliphatic carbocycles. The summed E-state index contributed by atoms with van der Waals surface area (Å²) in [7, 11) is 0. The topological polar surface area (TPSA) is 79.2 Å². The van der Waals surface area contributed by atoms with E-state index in [1.54, 1.807) is 6.20 Å².